The van der Waals surface area contributed by atoms with E-state index in [-0.39, 0.29) is 0 Å². The van der Waals surface area contributed by atoms with Crippen LogP contribution in [0.25, 0.3) is 0 Å². The maximum atomic E-state index is 13.8. The van der Waals surface area contributed by atoms with Crippen LogP contribution in [0.3, 0.4) is 0 Å². The van der Waals surface area contributed by atoms with E-state index in [0.717, 1.165) is 48.5 Å². The molecule has 1 unspecified atom stereocenters. The van der Waals surface area contributed by atoms with E-state index in [1.54, 1.807) is 0 Å². The van der Waals surface area contributed by atoms with Crippen LogP contribution in [0.2, 0.25) is 0 Å². The standard InChI is InChI=1S/C72H113N3O51/c1-19-40(90)47(97)60(113-27(9)85)67(108-19)123-59-41(91)20(2)109-68(61(59)114-28(10)86)122-57-38(74-23(5)81)63(110-21(3)51(57)111-25(7)83)120-56-36(18-107-62-37(73-22(4)80)45(95)43(93)33(14-77)115-62)118-64(39(75-24(6)82)58(56)112-26(8)84)119-54-35(16-79)117-66(50(100)48(54)98)121-55-32(12-71(105,69(101)102)125-53(55)30(88)13-76)124-72(70(103)104)11-29(87)42(92)52(126-72)31(89)17-106-65-49(99)46(96)44(94)34(15-78)116-65/h19-21,29-68,76-79,87-100,105H,11-18H2,1-10H3,(H,73,80)(H,74,81)(H,75,82)(H,101,102)(H,103,104)/t19-,20-,21+,29+,30+,31+,32+,33+,34+,35+,36+,37+,38+,39+,40-,41-,42+,43+,44+,45+,46-,47+,48+,49-,50-,51+,52+,53+,54+,55+,56+,57+,58+,59+,60+,61+,62-,63-,64-,65-,66+,67-,68-,71?,72+/m0/s1. The molecule has 0 saturated carbocycles. The Balaban J connectivity index is 1.08. The van der Waals surface area contributed by atoms with Crippen molar-refractivity contribution < 1.29 is 250 Å². The number of aliphatic hydroxyl groups excluding tert-OH is 18. The molecule has 0 bridgehead atoms. The van der Waals surface area contributed by atoms with Gasteiger partial charge < -0.3 is 223 Å². The van der Waals surface area contributed by atoms with Crippen molar-refractivity contribution in [1.29, 1.82) is 0 Å². The smallest absolute Gasteiger partial charge is 0.364 e. The molecular weight excluding hydrogens is 1720 g/mol. The number of carboxylic acids is 2. The average molecular weight is 1840 g/mol. The third kappa shape index (κ3) is 23.6. The average Bonchev–Trinajstić information content (AvgIpc) is 0.746. The molecule has 722 valence electrons. The molecule has 24 N–H and O–H groups in total. The molecule has 9 aliphatic heterocycles. The predicted molar refractivity (Wildman–Crippen MR) is 388 cm³/mol. The van der Waals surface area contributed by atoms with Crippen LogP contribution in [0.4, 0.5) is 0 Å². The number of carbonyl (C=O) groups excluding carboxylic acids is 7. The van der Waals surface area contributed by atoms with Crippen molar-refractivity contribution in [2.45, 2.75) is 357 Å². The van der Waals surface area contributed by atoms with Crippen molar-refractivity contribution in [2.24, 2.45) is 0 Å². The highest BCUT2D eigenvalue weighted by Gasteiger charge is 2.65. The Bertz CT molecular complexity index is 3650. The zero-order valence-electron chi connectivity index (χ0n) is 69.1. The van der Waals surface area contributed by atoms with Gasteiger partial charge in [-0.05, 0) is 20.8 Å². The van der Waals surface area contributed by atoms with Crippen molar-refractivity contribution in [1.82, 2.24) is 16.0 Å². The maximum Gasteiger partial charge on any atom is 0.364 e. The minimum atomic E-state index is -3.63. The van der Waals surface area contributed by atoms with Crippen LogP contribution in [-0.4, -0.2) is 476 Å². The second kappa shape index (κ2) is 43.9. The van der Waals surface area contributed by atoms with Gasteiger partial charge in [-0.1, -0.05) is 0 Å². The summed E-state index contributed by atoms with van der Waals surface area (Å²) in [4.78, 5) is 120. The second-order valence-electron chi connectivity index (χ2n) is 31.7. The molecule has 0 aliphatic carbocycles. The van der Waals surface area contributed by atoms with Crippen LogP contribution in [-0.2, 0) is 143 Å². The summed E-state index contributed by atoms with van der Waals surface area (Å²) in [7, 11) is 0. The van der Waals surface area contributed by atoms with Crippen LogP contribution in [0.15, 0.2) is 0 Å². The Morgan fingerprint density at radius 1 is 0.373 bits per heavy atom. The fourth-order valence-electron chi connectivity index (χ4n) is 16.0. The summed E-state index contributed by atoms with van der Waals surface area (Å²) in [5.41, 5.74) is 0. The van der Waals surface area contributed by atoms with E-state index in [1.807, 2.05) is 0 Å². The first-order chi connectivity index (χ1) is 59.0. The van der Waals surface area contributed by atoms with Gasteiger partial charge in [0.2, 0.25) is 17.7 Å². The number of carbonyl (C=O) groups is 9. The first-order valence-corrected chi connectivity index (χ1v) is 39.8. The fraction of sp³-hybridized carbons (Fsp3) is 0.875. The highest BCUT2D eigenvalue weighted by molar-refractivity contribution is 5.77. The molecule has 3 amide bonds. The number of nitrogens with one attached hydrogen (secondary N) is 3. The number of ether oxygens (including phenoxy) is 21. The lowest BCUT2D eigenvalue weighted by Crippen LogP contribution is -2.72. The predicted octanol–water partition coefficient (Wildman–Crippen LogP) is -15.1. The topological polar surface area (TPSA) is 808 Å². The van der Waals surface area contributed by atoms with E-state index in [1.165, 1.54) is 20.8 Å². The van der Waals surface area contributed by atoms with Gasteiger partial charge in [0.05, 0.1) is 70.2 Å². The van der Waals surface area contributed by atoms with Gasteiger partial charge in [0.25, 0.3) is 11.6 Å². The summed E-state index contributed by atoms with van der Waals surface area (Å²) in [5, 5.41) is 239. The van der Waals surface area contributed by atoms with Gasteiger partial charge in [-0.15, -0.1) is 0 Å². The summed E-state index contributed by atoms with van der Waals surface area (Å²) >= 11 is 0. The van der Waals surface area contributed by atoms with Crippen molar-refractivity contribution in [3.05, 3.63) is 0 Å². The summed E-state index contributed by atoms with van der Waals surface area (Å²) < 4.78 is 126. The number of aliphatic carboxylic acids is 2. The van der Waals surface area contributed by atoms with Gasteiger partial charge in [-0.25, -0.2) is 9.59 Å². The fourth-order valence-corrected chi connectivity index (χ4v) is 16.0. The maximum absolute atomic E-state index is 13.8. The highest BCUT2D eigenvalue weighted by Crippen LogP contribution is 2.44. The third-order valence-electron chi connectivity index (χ3n) is 22.1. The molecule has 0 aromatic carbocycles. The quantitative estimate of drug-likeness (QED) is 0.0214. The molecule has 126 heavy (non-hydrogen) atoms. The Kier molecular flexibility index (Phi) is 36.1. The van der Waals surface area contributed by atoms with Crippen molar-refractivity contribution in [3.8, 4) is 0 Å². The van der Waals surface area contributed by atoms with Gasteiger partial charge in [-0.3, -0.25) is 33.6 Å². The largest absolute Gasteiger partial charge is 0.477 e. The number of hydrogen-bond donors (Lipinski definition) is 24. The first kappa shape index (κ1) is 104. The SMILES string of the molecule is CC(=O)N[C@H]1[C@@H](OC[C@H]2O[C@@H](O[C@H]3[C@H](O)[C@H](O)[C@@H](O[C@H]4[C@@H]([C@H](O)CO)OC(O)(C(=O)O)C[C@H]4O[C@]4(C(=O)O)C[C@@H](O)[C@@H](O)[C@@H]([C@H](O)CO[C@H]5O[C@H](CO)[C@@H](O)[C@H](O)[C@@H]5O)O4)O[C@@H]3CO)[C@H](NC(C)=O)[C@@H](OC(C)=O)[C@@H]2O[C@@H]2O[C@H](C)[C@@H](OC(C)=O)[C@H](O[C@@H]3O[C@@H](C)[C@H](O)[C@@H](O[C@@H]4O[C@@H](C)[C@H](O)[C@@H](O)[C@H]4OC(C)=O)[C@H]3OC(C)=O)[C@H]2NC(C)=O)O[C@H](CO)[C@@H](O)[C@@H]1O. The van der Waals surface area contributed by atoms with E-state index >= 15 is 0 Å². The molecule has 0 aromatic rings. The van der Waals surface area contributed by atoms with Crippen LogP contribution < -0.4 is 16.0 Å². The normalized spacial score (nSPS) is 45.1. The van der Waals surface area contributed by atoms with Gasteiger partial charge in [-0.2, -0.15) is 0 Å². The summed E-state index contributed by atoms with van der Waals surface area (Å²) in [6.07, 6.45) is -86.1. The van der Waals surface area contributed by atoms with E-state index in [9.17, 15) is 150 Å². The molecule has 45 atom stereocenters. The number of amides is 3. The molecule has 9 rings (SSSR count). The Morgan fingerprint density at radius 3 is 1.38 bits per heavy atom. The molecule has 9 heterocycles. The van der Waals surface area contributed by atoms with Gasteiger partial charge in [0.15, 0.2) is 68.4 Å². The Labute approximate surface area is 714 Å². The third-order valence-corrected chi connectivity index (χ3v) is 22.1. The number of aliphatic hydroxyl groups is 19. The molecular formula is C72H113N3O51. The van der Waals surface area contributed by atoms with Crippen molar-refractivity contribution >= 4 is 53.5 Å². The minimum Gasteiger partial charge on any atom is -0.477 e. The van der Waals surface area contributed by atoms with E-state index in [2.05, 4.69) is 16.0 Å². The molecule has 9 aliphatic rings. The summed E-state index contributed by atoms with van der Waals surface area (Å²) in [6, 6.07) is -5.83. The van der Waals surface area contributed by atoms with E-state index in [0.29, 0.717) is 0 Å². The molecule has 0 spiro atoms. The zero-order valence-corrected chi connectivity index (χ0v) is 69.1. The molecule has 54 heteroatoms. The van der Waals surface area contributed by atoms with Crippen LogP contribution in [0.1, 0.15) is 82.1 Å². The van der Waals surface area contributed by atoms with Gasteiger partial charge >= 0.3 is 35.8 Å². The summed E-state index contributed by atoms with van der Waals surface area (Å²) in [6.45, 7) is 3.19. The molecule has 54 nitrogen and oxygen atoms in total. The lowest BCUT2D eigenvalue weighted by atomic mass is 9.89. The minimum absolute atomic E-state index is 0.827. The number of hydrogen-bond acceptors (Lipinski definition) is 49. The van der Waals surface area contributed by atoms with Gasteiger partial charge in [0, 0.05) is 61.3 Å². The number of rotatable bonds is 33. The lowest BCUT2D eigenvalue weighted by molar-refractivity contribution is -0.399. The number of esters is 4. The van der Waals surface area contributed by atoms with Crippen molar-refractivity contribution in [3.63, 3.8) is 0 Å². The van der Waals surface area contributed by atoms with Crippen molar-refractivity contribution in [2.75, 3.05) is 39.6 Å². The molecule has 0 aromatic heterocycles. The molecule has 9 fully saturated rings. The van der Waals surface area contributed by atoms with E-state index < -0.39 is 381 Å². The second-order valence-corrected chi connectivity index (χ2v) is 31.7. The van der Waals surface area contributed by atoms with E-state index in [4.69, 9.17) is 99.5 Å². The Morgan fingerprint density at radius 2 is 0.825 bits per heavy atom. The van der Waals surface area contributed by atoms with Crippen LogP contribution in [0.5, 0.6) is 0 Å². The molecule has 9 saturated heterocycles. The zero-order chi connectivity index (χ0) is 93.6. The first-order valence-electron chi connectivity index (χ1n) is 39.8. The van der Waals surface area contributed by atoms with Crippen LogP contribution >= 0.6 is 0 Å². The number of carboxylic acid groups (broad SMARTS) is 2. The van der Waals surface area contributed by atoms with Gasteiger partial charge in [0.1, 0.15) is 165 Å². The Hall–Kier alpha value is -6.21. The van der Waals surface area contributed by atoms with Crippen LogP contribution in [0, 0.1) is 0 Å². The monoisotopic (exact) mass is 1840 g/mol. The molecule has 0 radical (unpaired) electrons. The highest BCUT2D eigenvalue weighted by atomic mass is 16.8. The lowest BCUT2D eigenvalue weighted by Gasteiger charge is -2.52. The summed E-state index contributed by atoms with van der Waals surface area (Å²) in [5.74, 6) is -19.0.